The van der Waals surface area contributed by atoms with Crippen LogP contribution < -0.4 is 0 Å². The van der Waals surface area contributed by atoms with Gasteiger partial charge in [-0.2, -0.15) is 0 Å². The molecule has 4 aromatic carbocycles. The summed E-state index contributed by atoms with van der Waals surface area (Å²) in [7, 11) is 17.6. The molecule has 4 aliphatic rings. The van der Waals surface area contributed by atoms with Crippen molar-refractivity contribution in [1.29, 1.82) is 0 Å². The SMILES string of the molecule is CC1=Cc2c(-c3ccc(C4CCCCC4)cc3)cccc2[CH]1[Zr]([Cl])([Cl])([CH]1C(C2CCCCC2)=Cc2c(-c3ccc(C(C)C)cc3)cccc21)[SiH](C)C. The van der Waals surface area contributed by atoms with Crippen LogP contribution in [0.4, 0.5) is 0 Å². The standard InChI is InChI=1S/C24H27.C22H23.C2H7Si.2ClH.Zr/c1-17(2)18-11-13-20(14-12-18)23-10-6-9-21-15-22(16-24(21)23)19-7-4-3-5-8-19;1-16-14-20-8-5-9-21(22(20)15-16)19-12-10-18(11-13-19)17-6-3-2-4-7-17;1-3-2;;;/h6,9-17,19H,3-5,7-8H2,1-2H3;5,8-15,17H,2-4,6-7H2,1H3;3H,1-2H3;2*1H;/q;;;;;+2/p-2. The van der Waals surface area contributed by atoms with Gasteiger partial charge in [0, 0.05) is 0 Å². The molecule has 0 bridgehead atoms. The van der Waals surface area contributed by atoms with Gasteiger partial charge in [-0.1, -0.05) is 0 Å². The normalized spacial score (nSPS) is 21.8. The zero-order valence-electron chi connectivity index (χ0n) is 32.0. The first-order chi connectivity index (χ1) is 25.1. The number of hydrogen-bond acceptors (Lipinski definition) is 0. The third-order valence-electron chi connectivity index (χ3n) is 13.8. The van der Waals surface area contributed by atoms with E-state index >= 15 is 0 Å². The first kappa shape index (κ1) is 37.0. The maximum absolute atomic E-state index is 8.82. The Labute approximate surface area is 322 Å². The summed E-state index contributed by atoms with van der Waals surface area (Å²) < 4.78 is 0.256. The molecular weight excluding hydrogens is 767 g/mol. The summed E-state index contributed by atoms with van der Waals surface area (Å²) in [5.41, 5.74) is 16.7. The number of allylic oxidation sites excluding steroid dienone is 2. The van der Waals surface area contributed by atoms with Crippen LogP contribution in [0.1, 0.15) is 137 Å². The molecule has 0 spiro atoms. The molecule has 0 nitrogen and oxygen atoms in total. The molecule has 271 valence electrons. The molecule has 2 unspecified atom stereocenters. The molecule has 0 amide bonds. The Bertz CT molecular complexity index is 2010. The topological polar surface area (TPSA) is 0 Å². The van der Waals surface area contributed by atoms with Gasteiger partial charge in [-0.3, -0.25) is 0 Å². The van der Waals surface area contributed by atoms with Crippen molar-refractivity contribution in [1.82, 2.24) is 0 Å². The van der Waals surface area contributed by atoms with E-state index in [0.717, 1.165) is 5.92 Å². The first-order valence-electron chi connectivity index (χ1n) is 20.5. The predicted octanol–water partition coefficient (Wildman–Crippen LogP) is 15.3. The molecule has 8 rings (SSSR count). The summed E-state index contributed by atoms with van der Waals surface area (Å²) in [5, 5.41) is 0. The fourth-order valence-electron chi connectivity index (χ4n) is 10.9. The molecule has 0 aromatic heterocycles. The van der Waals surface area contributed by atoms with E-state index in [9.17, 15) is 0 Å². The third kappa shape index (κ3) is 6.29. The van der Waals surface area contributed by atoms with E-state index < -0.39 is 21.5 Å². The van der Waals surface area contributed by atoms with Crippen LogP contribution in [0.15, 0.2) is 96.1 Å². The Morgan fingerprint density at radius 3 is 1.63 bits per heavy atom. The Balaban J connectivity index is 1.25. The Morgan fingerprint density at radius 1 is 0.596 bits per heavy atom. The zero-order chi connectivity index (χ0) is 36.2. The third-order valence-corrected chi connectivity index (χ3v) is 65.8. The second kappa shape index (κ2) is 14.6. The van der Waals surface area contributed by atoms with Crippen LogP contribution in [0.5, 0.6) is 0 Å². The van der Waals surface area contributed by atoms with Crippen LogP contribution in [-0.4, -0.2) is 5.92 Å². The number of rotatable bonds is 8. The van der Waals surface area contributed by atoms with Crippen LogP contribution in [0.3, 0.4) is 0 Å². The zero-order valence-corrected chi connectivity index (χ0v) is 37.2. The Kier molecular flexibility index (Phi) is 10.4. The molecule has 4 heteroatoms. The van der Waals surface area contributed by atoms with Gasteiger partial charge in [0.1, 0.15) is 0 Å². The van der Waals surface area contributed by atoms with Gasteiger partial charge in [-0.15, -0.1) is 0 Å². The van der Waals surface area contributed by atoms with Gasteiger partial charge in [0.2, 0.25) is 0 Å². The number of halogens is 2. The molecule has 0 heterocycles. The van der Waals surface area contributed by atoms with Crippen LogP contribution in [-0.2, 0) is 15.6 Å². The maximum atomic E-state index is 8.82. The molecular formula is C48H57Cl2SiZr. The molecule has 0 aliphatic heterocycles. The summed E-state index contributed by atoms with van der Waals surface area (Å²) in [5.74, 6) is 0.156. The van der Waals surface area contributed by atoms with Gasteiger partial charge in [-0.25, -0.2) is 0 Å². The average Bonchev–Trinajstić information content (AvgIpc) is 3.75. The van der Waals surface area contributed by atoms with Crippen LogP contribution in [0, 0.1) is 5.92 Å². The summed E-state index contributed by atoms with van der Waals surface area (Å²) >= 11 is -4.85. The van der Waals surface area contributed by atoms with E-state index in [4.69, 9.17) is 17.0 Å². The minimum absolute atomic E-state index is 0.116. The molecule has 4 aliphatic carbocycles. The van der Waals surface area contributed by atoms with Crippen LogP contribution >= 0.6 is 17.0 Å². The van der Waals surface area contributed by atoms with Gasteiger partial charge >= 0.3 is 325 Å². The molecule has 52 heavy (non-hydrogen) atoms. The van der Waals surface area contributed by atoms with Crippen LogP contribution in [0.25, 0.3) is 34.4 Å². The average molecular weight is 824 g/mol. The van der Waals surface area contributed by atoms with E-state index in [-0.39, 0.29) is 7.25 Å². The minimum atomic E-state index is -4.85. The molecule has 2 saturated carbocycles. The van der Waals surface area contributed by atoms with E-state index in [1.807, 2.05) is 0 Å². The van der Waals surface area contributed by atoms with Gasteiger partial charge in [0.05, 0.1) is 0 Å². The summed E-state index contributed by atoms with van der Waals surface area (Å²) in [6, 6.07) is 32.9. The van der Waals surface area contributed by atoms with Gasteiger partial charge in [0.15, 0.2) is 0 Å². The van der Waals surface area contributed by atoms with E-state index in [1.54, 1.807) is 5.57 Å². The van der Waals surface area contributed by atoms with Crippen molar-refractivity contribution in [3.8, 4) is 22.3 Å². The number of hydrogen-bond donors (Lipinski definition) is 0. The van der Waals surface area contributed by atoms with E-state index in [1.165, 1.54) is 125 Å². The molecule has 2 atom stereocenters. The van der Waals surface area contributed by atoms with Gasteiger partial charge in [0.25, 0.3) is 0 Å². The fourth-order valence-corrected chi connectivity index (χ4v) is 42.8. The van der Waals surface area contributed by atoms with Crippen molar-refractivity contribution in [3.05, 3.63) is 129 Å². The molecule has 2 fully saturated rings. The van der Waals surface area contributed by atoms with Crippen molar-refractivity contribution in [2.24, 2.45) is 5.92 Å². The Morgan fingerprint density at radius 2 is 1.10 bits per heavy atom. The summed E-state index contributed by atoms with van der Waals surface area (Å²) in [4.78, 5) is 0. The van der Waals surface area contributed by atoms with Crippen molar-refractivity contribution in [3.63, 3.8) is 0 Å². The van der Waals surface area contributed by atoms with Gasteiger partial charge < -0.3 is 0 Å². The van der Waals surface area contributed by atoms with Crippen LogP contribution in [0.2, 0.25) is 13.1 Å². The second-order valence-electron chi connectivity index (χ2n) is 17.5. The molecule has 0 N–H and O–H groups in total. The molecule has 0 radical (unpaired) electrons. The van der Waals surface area contributed by atoms with Gasteiger partial charge in [-0.05, 0) is 0 Å². The first-order valence-corrected chi connectivity index (χ1v) is 36.8. The van der Waals surface area contributed by atoms with Crippen molar-refractivity contribution >= 4 is 35.1 Å². The van der Waals surface area contributed by atoms with E-state index in [0.29, 0.717) is 11.8 Å². The fraction of sp³-hybridized carbons (Fsp3) is 0.417. The number of fused-ring (bicyclic) bond motifs is 2. The van der Waals surface area contributed by atoms with E-state index in [2.05, 4.69) is 131 Å². The van der Waals surface area contributed by atoms with Crippen molar-refractivity contribution < 1.29 is 15.6 Å². The second-order valence-corrected chi connectivity index (χ2v) is 60.0. The quantitative estimate of drug-likeness (QED) is 0.155. The monoisotopic (exact) mass is 821 g/mol. The number of benzene rings is 4. The predicted molar refractivity (Wildman–Crippen MR) is 228 cm³/mol. The van der Waals surface area contributed by atoms with Crippen molar-refractivity contribution in [2.45, 2.75) is 117 Å². The summed E-state index contributed by atoms with van der Waals surface area (Å²) in [6.07, 6.45) is 18.3. The molecule has 4 aromatic rings. The molecule has 0 saturated heterocycles. The summed E-state index contributed by atoms with van der Waals surface area (Å²) in [6.45, 7) is 11.9. The Hall–Kier alpha value is -1.96. The van der Waals surface area contributed by atoms with Crippen molar-refractivity contribution in [2.75, 3.05) is 0 Å².